The maximum absolute atomic E-state index is 6.37. The molecule has 1 heterocycles. The molecule has 0 radical (unpaired) electrons. The van der Waals surface area contributed by atoms with E-state index in [2.05, 4.69) is 4.90 Å². The average molecular weight is 278 g/mol. The normalized spacial score (nSPS) is 38.5. The maximum atomic E-state index is 6.37. The van der Waals surface area contributed by atoms with Crippen molar-refractivity contribution in [3.63, 3.8) is 0 Å². The fraction of sp³-hybridized carbons (Fsp3) is 1.00. The molecule has 2 nitrogen and oxygen atoms in total. The van der Waals surface area contributed by atoms with Crippen LogP contribution in [-0.2, 0) is 0 Å². The van der Waals surface area contributed by atoms with Crippen LogP contribution in [0.3, 0.4) is 0 Å². The summed E-state index contributed by atoms with van der Waals surface area (Å²) in [4.78, 5) is 2.85. The van der Waals surface area contributed by atoms with E-state index in [4.69, 9.17) is 5.73 Å². The van der Waals surface area contributed by atoms with Crippen molar-refractivity contribution in [2.24, 2.45) is 17.6 Å². The number of hydrogen-bond donors (Lipinski definition) is 1. The van der Waals surface area contributed by atoms with E-state index in [1.165, 1.54) is 90.1 Å². The molecular formula is C18H34N2. The van der Waals surface area contributed by atoms with Crippen LogP contribution in [0.5, 0.6) is 0 Å². The second kappa shape index (κ2) is 7.26. The number of fused-ring (bicyclic) bond motifs is 2. The minimum atomic E-state index is 0.522. The van der Waals surface area contributed by atoms with Crippen molar-refractivity contribution >= 4 is 0 Å². The predicted molar refractivity (Wildman–Crippen MR) is 85.7 cm³/mol. The minimum Gasteiger partial charge on any atom is -0.327 e. The minimum absolute atomic E-state index is 0.522. The Morgan fingerprint density at radius 1 is 0.600 bits per heavy atom. The monoisotopic (exact) mass is 278 g/mol. The molecule has 3 atom stereocenters. The number of nitrogens with zero attached hydrogens (tertiary/aromatic N) is 1. The lowest BCUT2D eigenvalue weighted by atomic mass is 9.90. The molecule has 1 saturated heterocycles. The first-order valence-corrected chi connectivity index (χ1v) is 9.34. The van der Waals surface area contributed by atoms with E-state index in [9.17, 15) is 0 Å². The first-order valence-electron chi connectivity index (χ1n) is 9.34. The molecule has 2 heteroatoms. The molecule has 3 rings (SSSR count). The summed E-state index contributed by atoms with van der Waals surface area (Å²) >= 11 is 0. The first kappa shape index (κ1) is 14.8. The highest BCUT2D eigenvalue weighted by Gasteiger charge is 2.41. The van der Waals surface area contributed by atoms with Crippen LogP contribution in [0.1, 0.15) is 77.0 Å². The van der Waals surface area contributed by atoms with Gasteiger partial charge in [-0.2, -0.15) is 0 Å². The van der Waals surface area contributed by atoms with Crippen LogP contribution < -0.4 is 5.73 Å². The highest BCUT2D eigenvalue weighted by molar-refractivity contribution is 4.96. The van der Waals surface area contributed by atoms with Crippen LogP contribution in [-0.4, -0.2) is 30.1 Å². The summed E-state index contributed by atoms with van der Waals surface area (Å²) in [5.41, 5.74) is 6.37. The third kappa shape index (κ3) is 3.57. The zero-order chi connectivity index (χ0) is 13.8. The fourth-order valence-electron chi connectivity index (χ4n) is 4.93. The van der Waals surface area contributed by atoms with Gasteiger partial charge in [0.1, 0.15) is 0 Å². The molecule has 2 bridgehead atoms. The van der Waals surface area contributed by atoms with E-state index in [0.29, 0.717) is 6.04 Å². The van der Waals surface area contributed by atoms with Crippen molar-refractivity contribution in [1.82, 2.24) is 4.90 Å². The third-order valence-electron chi connectivity index (χ3n) is 6.28. The van der Waals surface area contributed by atoms with Gasteiger partial charge in [0.25, 0.3) is 0 Å². The lowest BCUT2D eigenvalue weighted by Crippen LogP contribution is -2.52. The van der Waals surface area contributed by atoms with Gasteiger partial charge < -0.3 is 5.73 Å². The third-order valence-corrected chi connectivity index (χ3v) is 6.28. The summed E-state index contributed by atoms with van der Waals surface area (Å²) in [6.45, 7) is 2.62. The highest BCUT2D eigenvalue weighted by Crippen LogP contribution is 2.37. The Morgan fingerprint density at radius 2 is 1.05 bits per heavy atom. The molecule has 1 aliphatic heterocycles. The van der Waals surface area contributed by atoms with Crippen molar-refractivity contribution in [2.75, 3.05) is 13.1 Å². The molecule has 0 amide bonds. The SMILES string of the molecule is NC1[C@@H]2CC[C@H]1CN(C1CCCCCCCCCC1)C2. The molecule has 2 aliphatic carbocycles. The number of rotatable bonds is 1. The van der Waals surface area contributed by atoms with Crippen molar-refractivity contribution in [1.29, 1.82) is 0 Å². The van der Waals surface area contributed by atoms with E-state index in [1.807, 2.05) is 0 Å². The van der Waals surface area contributed by atoms with E-state index in [-0.39, 0.29) is 0 Å². The number of nitrogens with two attached hydrogens (primary N) is 1. The number of hydrogen-bond acceptors (Lipinski definition) is 2. The van der Waals surface area contributed by atoms with Gasteiger partial charge in [-0.05, 0) is 37.5 Å². The first-order chi connectivity index (χ1) is 9.84. The van der Waals surface area contributed by atoms with Gasteiger partial charge in [0.05, 0.1) is 0 Å². The zero-order valence-corrected chi connectivity index (χ0v) is 13.2. The fourth-order valence-corrected chi connectivity index (χ4v) is 4.93. The molecule has 1 unspecified atom stereocenters. The van der Waals surface area contributed by atoms with Gasteiger partial charge in [-0.15, -0.1) is 0 Å². The van der Waals surface area contributed by atoms with Gasteiger partial charge in [0.2, 0.25) is 0 Å². The van der Waals surface area contributed by atoms with Crippen LogP contribution in [0, 0.1) is 11.8 Å². The molecule has 20 heavy (non-hydrogen) atoms. The Labute approximate surface area is 125 Å². The van der Waals surface area contributed by atoms with Crippen molar-refractivity contribution in [2.45, 2.75) is 89.1 Å². The Hall–Kier alpha value is -0.0800. The smallest absolute Gasteiger partial charge is 0.0120 e. The molecular weight excluding hydrogens is 244 g/mol. The zero-order valence-electron chi connectivity index (χ0n) is 13.2. The van der Waals surface area contributed by atoms with Crippen molar-refractivity contribution < 1.29 is 0 Å². The number of likely N-dealkylation sites (tertiary alicyclic amines) is 1. The molecule has 0 aromatic rings. The van der Waals surface area contributed by atoms with Gasteiger partial charge in [0.15, 0.2) is 0 Å². The predicted octanol–water partition coefficient (Wildman–Crippen LogP) is 3.94. The van der Waals surface area contributed by atoms with Crippen LogP contribution in [0.25, 0.3) is 0 Å². The van der Waals surface area contributed by atoms with Gasteiger partial charge in [-0.25, -0.2) is 0 Å². The van der Waals surface area contributed by atoms with Gasteiger partial charge in [0, 0.05) is 25.2 Å². The Kier molecular flexibility index (Phi) is 5.39. The quantitative estimate of drug-likeness (QED) is 0.787. The van der Waals surface area contributed by atoms with Crippen LogP contribution in [0.4, 0.5) is 0 Å². The topological polar surface area (TPSA) is 29.3 Å². The molecule has 3 fully saturated rings. The van der Waals surface area contributed by atoms with Crippen molar-refractivity contribution in [3.05, 3.63) is 0 Å². The largest absolute Gasteiger partial charge is 0.327 e. The summed E-state index contributed by atoms with van der Waals surface area (Å²) in [6.07, 6.45) is 17.5. The van der Waals surface area contributed by atoms with Gasteiger partial charge in [-0.3, -0.25) is 4.90 Å². The molecule has 0 aromatic heterocycles. The van der Waals surface area contributed by atoms with Crippen LogP contribution >= 0.6 is 0 Å². The van der Waals surface area contributed by atoms with E-state index in [1.54, 1.807) is 0 Å². The lowest BCUT2D eigenvalue weighted by molar-refractivity contribution is 0.0890. The second-order valence-electron chi connectivity index (χ2n) is 7.69. The van der Waals surface area contributed by atoms with Gasteiger partial charge in [-0.1, -0.05) is 51.4 Å². The molecule has 2 N–H and O–H groups in total. The van der Waals surface area contributed by atoms with E-state index in [0.717, 1.165) is 17.9 Å². The second-order valence-corrected chi connectivity index (χ2v) is 7.69. The summed E-state index contributed by atoms with van der Waals surface area (Å²) < 4.78 is 0. The molecule has 0 aromatic carbocycles. The lowest BCUT2D eigenvalue weighted by Gasteiger charge is -2.41. The Bertz CT molecular complexity index is 265. The molecule has 116 valence electrons. The van der Waals surface area contributed by atoms with E-state index < -0.39 is 0 Å². The van der Waals surface area contributed by atoms with Crippen LogP contribution in [0.15, 0.2) is 0 Å². The summed E-state index contributed by atoms with van der Waals surface area (Å²) in [6, 6.07) is 1.40. The molecule has 0 spiro atoms. The van der Waals surface area contributed by atoms with Gasteiger partial charge >= 0.3 is 0 Å². The Morgan fingerprint density at radius 3 is 1.55 bits per heavy atom. The standard InChI is InChI=1S/C18H34N2/c19-18-15-11-12-16(18)14-20(13-15)17-9-7-5-3-1-2-4-6-8-10-17/h15-18H,1-14,19H2/t15-,16+,18?. The molecule has 2 saturated carbocycles. The maximum Gasteiger partial charge on any atom is 0.0120 e. The summed E-state index contributed by atoms with van der Waals surface area (Å²) in [7, 11) is 0. The van der Waals surface area contributed by atoms with Crippen molar-refractivity contribution in [3.8, 4) is 0 Å². The summed E-state index contributed by atoms with van der Waals surface area (Å²) in [5.74, 6) is 1.62. The van der Waals surface area contributed by atoms with E-state index >= 15 is 0 Å². The Balaban J connectivity index is 1.55. The average Bonchev–Trinajstić information content (AvgIpc) is 2.70. The van der Waals surface area contributed by atoms with Crippen LogP contribution in [0.2, 0.25) is 0 Å². The molecule has 3 aliphatic rings. The highest BCUT2D eigenvalue weighted by atomic mass is 15.2. The number of piperidine rings is 1. The summed E-state index contributed by atoms with van der Waals surface area (Å²) in [5, 5.41) is 0.